The van der Waals surface area contributed by atoms with Crippen LogP contribution in [0.25, 0.3) is 11.4 Å². The van der Waals surface area contributed by atoms with Crippen molar-refractivity contribution in [2.24, 2.45) is 0 Å². The van der Waals surface area contributed by atoms with Crippen molar-refractivity contribution in [1.29, 1.82) is 0 Å². The predicted octanol–water partition coefficient (Wildman–Crippen LogP) is 4.06. The van der Waals surface area contributed by atoms with Crippen molar-refractivity contribution < 1.29 is 4.39 Å². The molecule has 2 aromatic rings. The van der Waals surface area contributed by atoms with E-state index >= 15 is 0 Å². The Kier molecular flexibility index (Phi) is 3.88. The van der Waals surface area contributed by atoms with E-state index < -0.39 is 5.82 Å². The van der Waals surface area contributed by atoms with Crippen LogP contribution < -0.4 is 0 Å². The minimum atomic E-state index is -0.450. The Morgan fingerprint density at radius 3 is 2.61 bits per heavy atom. The van der Waals surface area contributed by atoms with Crippen LogP contribution in [0.15, 0.2) is 18.2 Å². The summed E-state index contributed by atoms with van der Waals surface area (Å²) in [5.74, 6) is 1.15. The molecule has 2 rings (SSSR count). The van der Waals surface area contributed by atoms with Gasteiger partial charge in [0.25, 0.3) is 0 Å². The average Bonchev–Trinajstić information content (AvgIpc) is 2.76. The molecule has 0 bridgehead atoms. The van der Waals surface area contributed by atoms with E-state index in [0.717, 1.165) is 5.56 Å². The van der Waals surface area contributed by atoms with Crippen LogP contribution in [0.1, 0.15) is 25.7 Å². The summed E-state index contributed by atoms with van der Waals surface area (Å²) in [4.78, 5) is 0. The normalized spacial score (nSPS) is 11.2. The monoisotopic (exact) mass is 287 g/mol. The van der Waals surface area contributed by atoms with E-state index in [1.54, 1.807) is 6.07 Å². The number of nitrogens with zero attached hydrogens (tertiary/aromatic N) is 3. The third kappa shape index (κ3) is 2.35. The van der Waals surface area contributed by atoms with Gasteiger partial charge in [0.05, 0.1) is 10.9 Å². The van der Waals surface area contributed by atoms with Crippen molar-refractivity contribution >= 4 is 23.2 Å². The van der Waals surface area contributed by atoms with Crippen LogP contribution in [-0.4, -0.2) is 14.8 Å². The summed E-state index contributed by atoms with van der Waals surface area (Å²) in [7, 11) is 0. The van der Waals surface area contributed by atoms with Gasteiger partial charge in [0.15, 0.2) is 5.82 Å². The molecule has 0 amide bonds. The molecule has 0 saturated heterocycles. The fourth-order valence-electron chi connectivity index (χ4n) is 1.79. The second-order valence-corrected chi connectivity index (χ2v) is 4.84. The Morgan fingerprint density at radius 2 is 2.06 bits per heavy atom. The zero-order valence-corrected chi connectivity index (χ0v) is 11.5. The Bertz CT molecular complexity index is 566. The lowest BCUT2D eigenvalue weighted by Crippen LogP contribution is -2.07. The van der Waals surface area contributed by atoms with Crippen molar-refractivity contribution in [1.82, 2.24) is 14.8 Å². The van der Waals surface area contributed by atoms with E-state index in [4.69, 9.17) is 23.2 Å². The Hall–Kier alpha value is -1.13. The highest BCUT2D eigenvalue weighted by atomic mass is 35.5. The first-order valence-corrected chi connectivity index (χ1v) is 6.41. The zero-order chi connectivity index (χ0) is 13.3. The number of halogens is 3. The molecule has 0 spiro atoms. The molecule has 0 unspecified atom stereocenters. The molecule has 0 atom stereocenters. The van der Waals surface area contributed by atoms with Crippen molar-refractivity contribution in [3.63, 3.8) is 0 Å². The van der Waals surface area contributed by atoms with E-state index in [1.807, 2.05) is 18.4 Å². The lowest BCUT2D eigenvalue weighted by atomic mass is 10.2. The lowest BCUT2D eigenvalue weighted by Gasteiger charge is -2.13. The Morgan fingerprint density at radius 1 is 1.33 bits per heavy atom. The van der Waals surface area contributed by atoms with Crippen LogP contribution in [0.2, 0.25) is 5.02 Å². The second kappa shape index (κ2) is 5.24. The predicted molar refractivity (Wildman–Crippen MR) is 70.4 cm³/mol. The maximum atomic E-state index is 13.1. The van der Waals surface area contributed by atoms with Crippen LogP contribution in [0.5, 0.6) is 0 Å². The largest absolute Gasteiger partial charge is 0.307 e. The quantitative estimate of drug-likeness (QED) is 0.797. The van der Waals surface area contributed by atoms with Crippen LogP contribution in [0, 0.1) is 5.82 Å². The summed E-state index contributed by atoms with van der Waals surface area (Å²) in [6.07, 6.45) is 0. The number of alkyl halides is 1. The fraction of sp³-hybridized carbons (Fsp3) is 0.333. The van der Waals surface area contributed by atoms with Crippen LogP contribution in [0.4, 0.5) is 4.39 Å². The van der Waals surface area contributed by atoms with Crippen molar-refractivity contribution in [3.05, 3.63) is 34.9 Å². The second-order valence-electron chi connectivity index (χ2n) is 4.17. The molecule has 0 radical (unpaired) electrons. The molecule has 1 aromatic heterocycles. The summed E-state index contributed by atoms with van der Waals surface area (Å²) in [6, 6.07) is 4.64. The van der Waals surface area contributed by atoms with Crippen LogP contribution >= 0.6 is 23.2 Å². The summed E-state index contributed by atoms with van der Waals surface area (Å²) < 4.78 is 15.1. The van der Waals surface area contributed by atoms with Gasteiger partial charge in [-0.05, 0) is 32.0 Å². The fourth-order valence-corrected chi connectivity index (χ4v) is 2.15. The maximum Gasteiger partial charge on any atom is 0.164 e. The molecule has 96 valence electrons. The van der Waals surface area contributed by atoms with E-state index in [9.17, 15) is 4.39 Å². The highest BCUT2D eigenvalue weighted by Gasteiger charge is 2.16. The molecular weight excluding hydrogens is 276 g/mol. The minimum absolute atomic E-state index is 0.0678. The highest BCUT2D eigenvalue weighted by Crippen LogP contribution is 2.26. The smallest absolute Gasteiger partial charge is 0.164 e. The Balaban J connectivity index is 2.56. The molecule has 0 saturated carbocycles. The number of hydrogen-bond donors (Lipinski definition) is 0. The molecule has 0 aliphatic carbocycles. The lowest BCUT2D eigenvalue weighted by molar-refractivity contribution is 0.584. The van der Waals surface area contributed by atoms with Crippen molar-refractivity contribution in [2.75, 3.05) is 0 Å². The molecule has 3 nitrogen and oxygen atoms in total. The third-order valence-corrected chi connectivity index (χ3v) is 3.11. The van der Waals surface area contributed by atoms with Gasteiger partial charge in [-0.25, -0.2) is 4.39 Å². The molecule has 18 heavy (non-hydrogen) atoms. The highest BCUT2D eigenvalue weighted by molar-refractivity contribution is 6.31. The van der Waals surface area contributed by atoms with Gasteiger partial charge < -0.3 is 4.57 Å². The standard InChI is InChI=1S/C12H12Cl2FN3/c1-7(2)18-11(6-13)16-17-12(18)8-3-4-10(15)9(14)5-8/h3-5,7H,6H2,1-2H3. The SMILES string of the molecule is CC(C)n1c(CCl)nnc1-c1ccc(F)c(Cl)c1. The molecule has 1 aromatic carbocycles. The number of benzene rings is 1. The van der Waals surface area contributed by atoms with E-state index in [0.29, 0.717) is 11.6 Å². The molecule has 0 aliphatic heterocycles. The van der Waals surface area contributed by atoms with E-state index in [1.165, 1.54) is 12.1 Å². The summed E-state index contributed by atoms with van der Waals surface area (Å²) in [5.41, 5.74) is 0.721. The van der Waals surface area contributed by atoms with Gasteiger partial charge in [0.1, 0.15) is 11.6 Å². The van der Waals surface area contributed by atoms with E-state index in [-0.39, 0.29) is 16.9 Å². The molecule has 0 N–H and O–H groups in total. The maximum absolute atomic E-state index is 13.1. The molecule has 0 aliphatic rings. The molecule has 1 heterocycles. The van der Waals surface area contributed by atoms with Gasteiger partial charge in [-0.3, -0.25) is 0 Å². The summed E-state index contributed by atoms with van der Waals surface area (Å²) >= 11 is 11.6. The number of rotatable bonds is 3. The van der Waals surface area contributed by atoms with Crippen molar-refractivity contribution in [3.8, 4) is 11.4 Å². The topological polar surface area (TPSA) is 30.7 Å². The van der Waals surface area contributed by atoms with Gasteiger partial charge >= 0.3 is 0 Å². The van der Waals surface area contributed by atoms with Gasteiger partial charge in [0.2, 0.25) is 0 Å². The van der Waals surface area contributed by atoms with Crippen molar-refractivity contribution in [2.45, 2.75) is 25.8 Å². The van der Waals surface area contributed by atoms with Gasteiger partial charge in [-0.1, -0.05) is 11.6 Å². The number of aromatic nitrogens is 3. The van der Waals surface area contributed by atoms with Gasteiger partial charge in [-0.2, -0.15) is 0 Å². The first kappa shape index (κ1) is 13.3. The first-order chi connectivity index (χ1) is 8.54. The number of hydrogen-bond acceptors (Lipinski definition) is 2. The molecule has 6 heteroatoms. The van der Waals surface area contributed by atoms with Crippen LogP contribution in [0.3, 0.4) is 0 Å². The average molecular weight is 288 g/mol. The third-order valence-electron chi connectivity index (χ3n) is 2.58. The summed E-state index contributed by atoms with van der Waals surface area (Å²) in [5, 5.41) is 8.19. The summed E-state index contributed by atoms with van der Waals surface area (Å²) in [6.45, 7) is 4.02. The molecule has 0 fully saturated rings. The van der Waals surface area contributed by atoms with E-state index in [2.05, 4.69) is 10.2 Å². The zero-order valence-electron chi connectivity index (χ0n) is 9.99. The minimum Gasteiger partial charge on any atom is -0.307 e. The first-order valence-electron chi connectivity index (χ1n) is 5.49. The van der Waals surface area contributed by atoms with Gasteiger partial charge in [-0.15, -0.1) is 21.8 Å². The van der Waals surface area contributed by atoms with Crippen LogP contribution in [-0.2, 0) is 5.88 Å². The Labute approximate surface area is 115 Å². The van der Waals surface area contributed by atoms with Gasteiger partial charge in [0, 0.05) is 11.6 Å². The molecular formula is C12H12Cl2FN3.